The second kappa shape index (κ2) is 4.82. The molecule has 22 heavy (non-hydrogen) atoms. The summed E-state index contributed by atoms with van der Waals surface area (Å²) in [7, 11) is 0. The number of hydrogen-bond acceptors (Lipinski definition) is 6. The summed E-state index contributed by atoms with van der Waals surface area (Å²) < 4.78 is 13.1. The highest BCUT2D eigenvalue weighted by Gasteiger charge is 2.19. The lowest BCUT2D eigenvalue weighted by Crippen LogP contribution is -2.15. The summed E-state index contributed by atoms with van der Waals surface area (Å²) in [4.78, 5) is 22.4. The van der Waals surface area contributed by atoms with Gasteiger partial charge >= 0.3 is 0 Å². The third-order valence-electron chi connectivity index (χ3n) is 3.15. The molecule has 0 unspecified atom stereocenters. The van der Waals surface area contributed by atoms with Crippen molar-refractivity contribution in [2.45, 2.75) is 0 Å². The molecule has 0 radical (unpaired) electrons. The van der Waals surface area contributed by atoms with E-state index in [2.05, 4.69) is 15.0 Å². The molecule has 8 heteroatoms. The molecule has 2 aromatic heterocycles. The number of fused-ring (bicyclic) bond motifs is 1. The fourth-order valence-corrected chi connectivity index (χ4v) is 2.23. The van der Waals surface area contributed by atoms with Crippen molar-refractivity contribution in [2.24, 2.45) is 0 Å². The Kier molecular flexibility index (Phi) is 2.96. The molecule has 3 rings (SSSR count). The van der Waals surface area contributed by atoms with Crippen molar-refractivity contribution in [3.8, 4) is 17.2 Å². The number of anilines is 2. The van der Waals surface area contributed by atoms with E-state index in [4.69, 9.17) is 11.5 Å². The predicted molar refractivity (Wildman–Crippen MR) is 79.1 cm³/mol. The highest BCUT2D eigenvalue weighted by atomic mass is 19.1. The van der Waals surface area contributed by atoms with Gasteiger partial charge in [-0.05, 0) is 17.7 Å². The molecule has 0 aliphatic carbocycles. The zero-order valence-corrected chi connectivity index (χ0v) is 11.1. The minimum atomic E-state index is -0.550. The van der Waals surface area contributed by atoms with Gasteiger partial charge in [-0.2, -0.15) is 10.2 Å². The zero-order valence-electron chi connectivity index (χ0n) is 11.1. The molecule has 0 spiro atoms. The molecule has 0 bridgehead atoms. The van der Waals surface area contributed by atoms with Crippen molar-refractivity contribution in [1.29, 1.82) is 5.26 Å². The van der Waals surface area contributed by atoms with Crippen LogP contribution in [-0.2, 0) is 0 Å². The van der Waals surface area contributed by atoms with Gasteiger partial charge in [0.15, 0.2) is 5.65 Å². The summed E-state index contributed by atoms with van der Waals surface area (Å²) in [6, 6.07) is 7.25. The number of hydrogen-bond donors (Lipinski definition) is 3. The summed E-state index contributed by atoms with van der Waals surface area (Å²) in [6.07, 6.45) is 0. The van der Waals surface area contributed by atoms with Crippen LogP contribution in [0.2, 0.25) is 0 Å². The molecule has 0 saturated heterocycles. The Balaban J connectivity index is 2.53. The van der Waals surface area contributed by atoms with Crippen LogP contribution < -0.4 is 17.0 Å². The lowest BCUT2D eigenvalue weighted by atomic mass is 9.98. The second-order valence-electron chi connectivity index (χ2n) is 4.52. The molecule has 2 heterocycles. The molecule has 0 atom stereocenters. The Bertz CT molecular complexity index is 987. The fraction of sp³-hybridized carbons (Fsp3) is 0. The van der Waals surface area contributed by atoms with Gasteiger partial charge in [-0.15, -0.1) is 0 Å². The number of nitrogens with two attached hydrogens (primary N) is 2. The number of nitriles is 1. The first-order valence-electron chi connectivity index (χ1n) is 6.16. The van der Waals surface area contributed by atoms with Crippen molar-refractivity contribution < 1.29 is 4.39 Å². The van der Waals surface area contributed by atoms with E-state index in [9.17, 15) is 14.4 Å². The van der Waals surface area contributed by atoms with E-state index < -0.39 is 11.4 Å². The number of pyridine rings is 1. The number of nitrogen functional groups attached to an aromatic ring is 2. The van der Waals surface area contributed by atoms with Crippen molar-refractivity contribution in [1.82, 2.24) is 15.0 Å². The number of H-pyrrole nitrogens is 1. The van der Waals surface area contributed by atoms with Gasteiger partial charge in [-0.3, -0.25) is 9.78 Å². The maximum absolute atomic E-state index is 13.1. The Hall–Kier alpha value is -3.47. The van der Waals surface area contributed by atoms with Gasteiger partial charge in [0, 0.05) is 5.56 Å². The highest BCUT2D eigenvalue weighted by Crippen LogP contribution is 2.31. The van der Waals surface area contributed by atoms with E-state index in [1.54, 1.807) is 0 Å². The van der Waals surface area contributed by atoms with Gasteiger partial charge in [0.05, 0.1) is 5.39 Å². The summed E-state index contributed by atoms with van der Waals surface area (Å²) >= 11 is 0. The largest absolute Gasteiger partial charge is 0.383 e. The van der Waals surface area contributed by atoms with Crippen LogP contribution in [0.3, 0.4) is 0 Å². The quantitative estimate of drug-likeness (QED) is 0.616. The monoisotopic (exact) mass is 296 g/mol. The van der Waals surface area contributed by atoms with Crippen LogP contribution in [0, 0.1) is 17.1 Å². The molecule has 0 aliphatic heterocycles. The van der Waals surface area contributed by atoms with Crippen LogP contribution in [0.15, 0.2) is 29.1 Å². The average Bonchev–Trinajstić information content (AvgIpc) is 2.46. The number of halogens is 1. The van der Waals surface area contributed by atoms with E-state index in [0.717, 1.165) is 0 Å². The van der Waals surface area contributed by atoms with E-state index >= 15 is 0 Å². The maximum Gasteiger partial charge on any atom is 0.262 e. The van der Waals surface area contributed by atoms with Crippen LogP contribution in [-0.4, -0.2) is 15.0 Å². The Morgan fingerprint density at radius 1 is 1.18 bits per heavy atom. The first-order chi connectivity index (χ1) is 10.5. The Morgan fingerprint density at radius 2 is 1.86 bits per heavy atom. The van der Waals surface area contributed by atoms with Gasteiger partial charge in [0.25, 0.3) is 5.56 Å². The van der Waals surface area contributed by atoms with E-state index in [-0.39, 0.29) is 33.9 Å². The number of benzene rings is 1. The second-order valence-corrected chi connectivity index (χ2v) is 4.52. The standard InChI is InChI=1S/C14H9FN6O/c15-7-3-1-6(2-4-7)9-8(5-16)11(17)19-12-10(9)13(22)21-14(18)20-12/h1-4H,(H5,17,18,19,20,21,22). The summed E-state index contributed by atoms with van der Waals surface area (Å²) in [5.41, 5.74) is 11.5. The predicted octanol–water partition coefficient (Wildman–Crippen LogP) is 1.16. The molecule has 108 valence electrons. The van der Waals surface area contributed by atoms with Crippen LogP contribution >= 0.6 is 0 Å². The van der Waals surface area contributed by atoms with Crippen molar-refractivity contribution in [3.63, 3.8) is 0 Å². The molecular weight excluding hydrogens is 287 g/mol. The summed E-state index contributed by atoms with van der Waals surface area (Å²) in [6.45, 7) is 0. The van der Waals surface area contributed by atoms with Crippen molar-refractivity contribution >= 4 is 22.8 Å². The molecular formula is C14H9FN6O. The van der Waals surface area contributed by atoms with Gasteiger partial charge in [0.1, 0.15) is 23.3 Å². The maximum atomic E-state index is 13.1. The lowest BCUT2D eigenvalue weighted by Gasteiger charge is -2.10. The third-order valence-corrected chi connectivity index (χ3v) is 3.15. The summed E-state index contributed by atoms with van der Waals surface area (Å²) in [5, 5.41) is 9.39. The van der Waals surface area contributed by atoms with Crippen LogP contribution in [0.4, 0.5) is 16.2 Å². The fourth-order valence-electron chi connectivity index (χ4n) is 2.23. The number of aromatic amines is 1. The average molecular weight is 296 g/mol. The molecule has 0 amide bonds. The molecule has 0 fully saturated rings. The van der Waals surface area contributed by atoms with Gasteiger partial charge < -0.3 is 11.5 Å². The molecule has 5 N–H and O–H groups in total. The third kappa shape index (κ3) is 2.01. The Morgan fingerprint density at radius 3 is 2.50 bits per heavy atom. The zero-order chi connectivity index (χ0) is 15.9. The molecule has 7 nitrogen and oxygen atoms in total. The SMILES string of the molecule is N#Cc1c(N)nc2nc(N)[nH]c(=O)c2c1-c1ccc(F)cc1. The number of nitrogens with zero attached hydrogens (tertiary/aromatic N) is 3. The van der Waals surface area contributed by atoms with Crippen molar-refractivity contribution in [3.05, 3.63) is 46.0 Å². The molecule has 0 aliphatic rings. The van der Waals surface area contributed by atoms with E-state index in [0.29, 0.717) is 5.56 Å². The Labute approximate surface area is 123 Å². The van der Waals surface area contributed by atoms with E-state index in [1.807, 2.05) is 6.07 Å². The van der Waals surface area contributed by atoms with Gasteiger partial charge in [-0.25, -0.2) is 9.37 Å². The lowest BCUT2D eigenvalue weighted by molar-refractivity contribution is 0.628. The summed E-state index contributed by atoms with van der Waals surface area (Å²) in [5.74, 6) is -0.629. The minimum Gasteiger partial charge on any atom is -0.383 e. The first kappa shape index (κ1) is 13.5. The van der Waals surface area contributed by atoms with E-state index in [1.165, 1.54) is 24.3 Å². The first-order valence-corrected chi connectivity index (χ1v) is 6.16. The molecule has 3 aromatic rings. The highest BCUT2D eigenvalue weighted by molar-refractivity contribution is 5.97. The number of aromatic nitrogens is 3. The minimum absolute atomic E-state index is 0.0242. The van der Waals surface area contributed by atoms with Crippen LogP contribution in [0.1, 0.15) is 5.56 Å². The number of nitrogens with one attached hydrogen (secondary N) is 1. The normalized spacial score (nSPS) is 10.5. The van der Waals surface area contributed by atoms with Gasteiger partial charge in [0.2, 0.25) is 5.95 Å². The topological polar surface area (TPSA) is 134 Å². The molecule has 0 saturated carbocycles. The van der Waals surface area contributed by atoms with Gasteiger partial charge in [-0.1, -0.05) is 12.1 Å². The molecule has 1 aromatic carbocycles. The smallest absolute Gasteiger partial charge is 0.262 e. The van der Waals surface area contributed by atoms with Crippen LogP contribution in [0.25, 0.3) is 22.2 Å². The van der Waals surface area contributed by atoms with Crippen LogP contribution in [0.5, 0.6) is 0 Å². The van der Waals surface area contributed by atoms with Crippen molar-refractivity contribution in [2.75, 3.05) is 11.5 Å². The number of rotatable bonds is 1.